The first-order valence-electron chi connectivity index (χ1n) is 17.4. The summed E-state index contributed by atoms with van der Waals surface area (Å²) in [4.78, 5) is 12.1. The Kier molecular flexibility index (Phi) is 33.4. The van der Waals surface area contributed by atoms with E-state index in [4.69, 9.17) is 0 Å². The zero-order valence-electron chi connectivity index (χ0n) is 26.6. The van der Waals surface area contributed by atoms with Crippen LogP contribution in [0, 0.1) is 0 Å². The van der Waals surface area contributed by atoms with Gasteiger partial charge in [0.05, 0.1) is 0 Å². The highest BCUT2D eigenvalue weighted by atomic mass is 16.1. The van der Waals surface area contributed by atoms with Gasteiger partial charge in [-0.05, 0) is 57.8 Å². The van der Waals surface area contributed by atoms with Crippen LogP contribution in [0.2, 0.25) is 0 Å². The standard InChI is InChI=1S/C38H68O/c1-3-5-7-9-11-13-15-17-19-20-21-23-25-27-29-31-33-35-37-38(39)36-34-32-30-28-26-24-22-18-16-14-12-10-8-6-4-2/h11,13,17,19,21,23,27,29H,3-10,12,14-16,18,20,22,24-26,28,30-37H2,1-2H3/b13-11-,19-17-,23-21-,29-27-. The molecule has 0 amide bonds. The number of Topliss-reactive ketones (excluding diaryl/α,β-unsaturated/α-hetero) is 1. The third kappa shape index (κ3) is 34.6. The fourth-order valence-electron chi connectivity index (χ4n) is 4.96. The van der Waals surface area contributed by atoms with Crippen LogP contribution in [0.5, 0.6) is 0 Å². The first-order valence-corrected chi connectivity index (χ1v) is 17.4. The van der Waals surface area contributed by atoms with Crippen molar-refractivity contribution in [2.75, 3.05) is 0 Å². The second-order valence-corrected chi connectivity index (χ2v) is 11.6. The van der Waals surface area contributed by atoms with Crippen LogP contribution in [0.25, 0.3) is 0 Å². The van der Waals surface area contributed by atoms with Crippen molar-refractivity contribution >= 4 is 5.78 Å². The van der Waals surface area contributed by atoms with Crippen molar-refractivity contribution in [1.82, 2.24) is 0 Å². The average Bonchev–Trinajstić information content (AvgIpc) is 2.94. The highest BCUT2D eigenvalue weighted by Crippen LogP contribution is 2.14. The van der Waals surface area contributed by atoms with E-state index < -0.39 is 0 Å². The minimum Gasteiger partial charge on any atom is -0.300 e. The minimum atomic E-state index is 0.483. The molecule has 0 fully saturated rings. The molecule has 0 N–H and O–H groups in total. The Morgan fingerprint density at radius 1 is 0.359 bits per heavy atom. The molecule has 0 rings (SSSR count). The normalized spacial score (nSPS) is 12.3. The molecule has 0 saturated heterocycles. The Balaban J connectivity index is 3.34. The van der Waals surface area contributed by atoms with E-state index in [1.165, 1.54) is 116 Å². The lowest BCUT2D eigenvalue weighted by Crippen LogP contribution is -1.97. The quantitative estimate of drug-likeness (QED) is 0.0631. The van der Waals surface area contributed by atoms with Gasteiger partial charge in [0.15, 0.2) is 0 Å². The minimum absolute atomic E-state index is 0.483. The zero-order valence-corrected chi connectivity index (χ0v) is 26.6. The summed E-state index contributed by atoms with van der Waals surface area (Å²) in [6.45, 7) is 4.54. The van der Waals surface area contributed by atoms with Crippen LogP contribution >= 0.6 is 0 Å². The molecule has 1 nitrogen and oxygen atoms in total. The number of rotatable bonds is 31. The number of hydrogen-bond donors (Lipinski definition) is 0. The SMILES string of the molecule is CCCCC/C=C\C/C=C\C/C=C\C/C=C\CCCCC(=O)CCCCCCCCCCCCCCCCC. The van der Waals surface area contributed by atoms with Gasteiger partial charge in [0.1, 0.15) is 5.78 Å². The van der Waals surface area contributed by atoms with E-state index >= 15 is 0 Å². The predicted octanol–water partition coefficient (Wildman–Crippen LogP) is 13.4. The maximum absolute atomic E-state index is 12.1. The Labute approximate surface area is 246 Å². The van der Waals surface area contributed by atoms with Gasteiger partial charge in [-0.2, -0.15) is 0 Å². The lowest BCUT2D eigenvalue weighted by Gasteiger charge is -2.03. The molecule has 1 heteroatoms. The zero-order chi connectivity index (χ0) is 28.3. The van der Waals surface area contributed by atoms with Gasteiger partial charge in [-0.1, -0.05) is 165 Å². The van der Waals surface area contributed by atoms with Gasteiger partial charge in [-0.25, -0.2) is 0 Å². The Hall–Kier alpha value is -1.37. The molecular formula is C38H68O. The molecule has 0 aromatic rings. The molecule has 0 radical (unpaired) electrons. The lowest BCUT2D eigenvalue weighted by molar-refractivity contribution is -0.119. The number of unbranched alkanes of at least 4 members (excludes halogenated alkanes) is 19. The van der Waals surface area contributed by atoms with E-state index in [-0.39, 0.29) is 0 Å². The van der Waals surface area contributed by atoms with Gasteiger partial charge in [-0.15, -0.1) is 0 Å². The predicted molar refractivity (Wildman–Crippen MR) is 178 cm³/mol. The summed E-state index contributed by atoms with van der Waals surface area (Å²) in [7, 11) is 0. The summed E-state index contributed by atoms with van der Waals surface area (Å²) in [5, 5.41) is 0. The van der Waals surface area contributed by atoms with Crippen LogP contribution in [-0.4, -0.2) is 5.78 Å². The molecule has 0 atom stereocenters. The van der Waals surface area contributed by atoms with Crippen LogP contribution < -0.4 is 0 Å². The van der Waals surface area contributed by atoms with Crippen LogP contribution in [0.4, 0.5) is 0 Å². The highest BCUT2D eigenvalue weighted by molar-refractivity contribution is 5.78. The van der Waals surface area contributed by atoms with Gasteiger partial charge in [0, 0.05) is 12.8 Å². The third-order valence-electron chi connectivity index (χ3n) is 7.59. The summed E-state index contributed by atoms with van der Waals surface area (Å²) in [5.74, 6) is 0.483. The number of ketones is 1. The molecule has 0 spiro atoms. The molecule has 0 aromatic carbocycles. The number of allylic oxidation sites excluding steroid dienone is 8. The molecule has 226 valence electrons. The van der Waals surface area contributed by atoms with E-state index in [1.54, 1.807) is 0 Å². The van der Waals surface area contributed by atoms with Gasteiger partial charge in [0.2, 0.25) is 0 Å². The van der Waals surface area contributed by atoms with Crippen molar-refractivity contribution in [3.63, 3.8) is 0 Å². The van der Waals surface area contributed by atoms with E-state index in [0.29, 0.717) is 5.78 Å². The maximum atomic E-state index is 12.1. The molecule has 0 bridgehead atoms. The van der Waals surface area contributed by atoms with Crippen molar-refractivity contribution < 1.29 is 4.79 Å². The first-order chi connectivity index (χ1) is 19.3. The number of carbonyl (C=O) groups excluding carboxylic acids is 1. The van der Waals surface area contributed by atoms with Crippen LogP contribution in [0.15, 0.2) is 48.6 Å². The summed E-state index contributed by atoms with van der Waals surface area (Å²) < 4.78 is 0. The third-order valence-corrected chi connectivity index (χ3v) is 7.59. The van der Waals surface area contributed by atoms with Crippen LogP contribution in [-0.2, 0) is 4.79 Å². The summed E-state index contributed by atoms with van der Waals surface area (Å²) in [6, 6.07) is 0. The largest absolute Gasteiger partial charge is 0.300 e. The second-order valence-electron chi connectivity index (χ2n) is 11.6. The first kappa shape index (κ1) is 37.6. The smallest absolute Gasteiger partial charge is 0.132 e. The fraction of sp³-hybridized carbons (Fsp3) is 0.763. The van der Waals surface area contributed by atoms with Gasteiger partial charge < -0.3 is 0 Å². The van der Waals surface area contributed by atoms with Crippen molar-refractivity contribution in [2.24, 2.45) is 0 Å². The average molecular weight is 541 g/mol. The molecule has 39 heavy (non-hydrogen) atoms. The van der Waals surface area contributed by atoms with E-state index in [0.717, 1.165) is 57.8 Å². The lowest BCUT2D eigenvalue weighted by atomic mass is 10.0. The van der Waals surface area contributed by atoms with Gasteiger partial charge in [-0.3, -0.25) is 4.79 Å². The Bertz CT molecular complexity index is 594. The molecule has 0 aliphatic carbocycles. The molecule has 0 aromatic heterocycles. The molecular weight excluding hydrogens is 472 g/mol. The number of carbonyl (C=O) groups is 1. The molecule has 0 heterocycles. The highest BCUT2D eigenvalue weighted by Gasteiger charge is 2.01. The monoisotopic (exact) mass is 541 g/mol. The van der Waals surface area contributed by atoms with Gasteiger partial charge in [0.25, 0.3) is 0 Å². The fourth-order valence-corrected chi connectivity index (χ4v) is 4.96. The van der Waals surface area contributed by atoms with Crippen molar-refractivity contribution in [3.05, 3.63) is 48.6 Å². The summed E-state index contributed by atoms with van der Waals surface area (Å²) >= 11 is 0. The molecule has 0 aliphatic heterocycles. The Morgan fingerprint density at radius 3 is 1.05 bits per heavy atom. The number of hydrogen-bond acceptors (Lipinski definition) is 1. The van der Waals surface area contributed by atoms with E-state index in [9.17, 15) is 4.79 Å². The van der Waals surface area contributed by atoms with E-state index in [2.05, 4.69) is 62.5 Å². The summed E-state index contributed by atoms with van der Waals surface area (Å²) in [5.41, 5.74) is 0. The van der Waals surface area contributed by atoms with Crippen LogP contribution in [0.1, 0.15) is 187 Å². The Morgan fingerprint density at radius 2 is 0.641 bits per heavy atom. The van der Waals surface area contributed by atoms with E-state index in [1.807, 2.05) is 0 Å². The van der Waals surface area contributed by atoms with Crippen molar-refractivity contribution in [3.8, 4) is 0 Å². The topological polar surface area (TPSA) is 17.1 Å². The van der Waals surface area contributed by atoms with Crippen molar-refractivity contribution in [2.45, 2.75) is 187 Å². The molecule has 0 saturated carbocycles. The van der Waals surface area contributed by atoms with Crippen molar-refractivity contribution in [1.29, 1.82) is 0 Å². The van der Waals surface area contributed by atoms with Gasteiger partial charge >= 0.3 is 0 Å². The molecule has 0 aliphatic rings. The second kappa shape index (κ2) is 34.7. The van der Waals surface area contributed by atoms with Crippen LogP contribution in [0.3, 0.4) is 0 Å². The maximum Gasteiger partial charge on any atom is 0.132 e. The summed E-state index contributed by atoms with van der Waals surface area (Å²) in [6.07, 6.45) is 52.0. The molecule has 0 unspecified atom stereocenters.